The summed E-state index contributed by atoms with van der Waals surface area (Å²) >= 11 is 0. The lowest BCUT2D eigenvalue weighted by atomic mass is 10.00. The first-order valence-electron chi connectivity index (χ1n) is 9.07. The minimum Gasteiger partial charge on any atom is -0.325 e. The highest BCUT2D eigenvalue weighted by Gasteiger charge is 2.37. The molecule has 0 radical (unpaired) electrons. The monoisotopic (exact) mass is 340 g/mol. The summed E-state index contributed by atoms with van der Waals surface area (Å²) in [6.45, 7) is 7.53. The summed E-state index contributed by atoms with van der Waals surface area (Å²) in [6.07, 6.45) is 6.44. The highest BCUT2D eigenvalue weighted by atomic mass is 16.2. The van der Waals surface area contributed by atoms with E-state index in [1.54, 1.807) is 12.4 Å². The van der Waals surface area contributed by atoms with Crippen molar-refractivity contribution in [2.24, 2.45) is 5.92 Å². The maximum atomic E-state index is 13.0. The number of fused-ring (bicyclic) bond motifs is 1. The summed E-state index contributed by atoms with van der Waals surface area (Å²) in [5.41, 5.74) is 1.21. The zero-order valence-corrected chi connectivity index (χ0v) is 15.0. The van der Waals surface area contributed by atoms with Gasteiger partial charge in [0.25, 0.3) is 5.91 Å². The SMILES string of the molecule is Cc1cnc(C(=O)N2CCn3nc(C4CC4)nc3[C@@H]2CC(C)C)cn1. The maximum Gasteiger partial charge on any atom is 0.274 e. The Kier molecular flexibility index (Phi) is 4.01. The van der Waals surface area contributed by atoms with Crippen LogP contribution in [0.2, 0.25) is 0 Å². The number of hydrogen-bond donors (Lipinski definition) is 0. The highest BCUT2D eigenvalue weighted by Crippen LogP contribution is 2.40. The standard InChI is InChI=1S/C18H24N6O/c1-11(2)8-15-17-21-16(13-4-5-13)22-24(17)7-6-23(15)18(25)14-10-19-12(3)9-20-14/h9-11,13,15H,4-8H2,1-3H3/t15-/m0/s1. The van der Waals surface area contributed by atoms with Crippen LogP contribution in [0.25, 0.3) is 0 Å². The number of amides is 1. The first-order chi connectivity index (χ1) is 12.0. The van der Waals surface area contributed by atoms with Gasteiger partial charge in [-0.05, 0) is 32.1 Å². The Balaban J connectivity index is 1.66. The first kappa shape index (κ1) is 16.2. The topological polar surface area (TPSA) is 76.8 Å². The van der Waals surface area contributed by atoms with Crippen molar-refractivity contribution in [3.63, 3.8) is 0 Å². The van der Waals surface area contributed by atoms with E-state index in [4.69, 9.17) is 4.98 Å². The van der Waals surface area contributed by atoms with E-state index in [2.05, 4.69) is 28.9 Å². The fourth-order valence-electron chi connectivity index (χ4n) is 3.37. The van der Waals surface area contributed by atoms with Gasteiger partial charge in [-0.25, -0.2) is 14.6 Å². The van der Waals surface area contributed by atoms with E-state index in [0.29, 0.717) is 30.6 Å². The molecule has 0 unspecified atom stereocenters. The molecule has 1 saturated carbocycles. The Bertz CT molecular complexity index is 777. The Morgan fingerprint density at radius 1 is 1.24 bits per heavy atom. The largest absolute Gasteiger partial charge is 0.325 e. The molecule has 25 heavy (non-hydrogen) atoms. The maximum absolute atomic E-state index is 13.0. The third-order valence-corrected chi connectivity index (χ3v) is 4.84. The molecule has 1 amide bonds. The number of rotatable bonds is 4. The molecule has 132 valence electrons. The number of aromatic nitrogens is 5. The van der Waals surface area contributed by atoms with Crippen molar-refractivity contribution in [3.8, 4) is 0 Å². The van der Waals surface area contributed by atoms with Gasteiger partial charge in [-0.2, -0.15) is 5.10 Å². The normalized spacial score (nSPS) is 20.0. The molecule has 0 bridgehead atoms. The first-order valence-corrected chi connectivity index (χ1v) is 9.07. The lowest BCUT2D eigenvalue weighted by molar-refractivity contribution is 0.0572. The van der Waals surface area contributed by atoms with Crippen molar-refractivity contribution >= 4 is 5.91 Å². The third-order valence-electron chi connectivity index (χ3n) is 4.84. The average molecular weight is 340 g/mol. The van der Waals surface area contributed by atoms with E-state index in [-0.39, 0.29) is 11.9 Å². The van der Waals surface area contributed by atoms with Gasteiger partial charge in [-0.15, -0.1) is 0 Å². The van der Waals surface area contributed by atoms with Gasteiger partial charge in [-0.3, -0.25) is 9.78 Å². The van der Waals surface area contributed by atoms with Gasteiger partial charge >= 0.3 is 0 Å². The Morgan fingerprint density at radius 2 is 2.04 bits per heavy atom. The fraction of sp³-hybridized carbons (Fsp3) is 0.611. The number of aryl methyl sites for hydroxylation is 1. The molecule has 1 aliphatic carbocycles. The molecule has 0 aromatic carbocycles. The molecule has 1 atom stereocenters. The van der Waals surface area contributed by atoms with E-state index in [1.807, 2.05) is 16.5 Å². The number of hydrogen-bond acceptors (Lipinski definition) is 5. The molecule has 2 aromatic rings. The fourth-order valence-corrected chi connectivity index (χ4v) is 3.37. The van der Waals surface area contributed by atoms with Crippen molar-refractivity contribution in [3.05, 3.63) is 35.4 Å². The molecule has 3 heterocycles. The lowest BCUT2D eigenvalue weighted by Crippen LogP contribution is -2.43. The van der Waals surface area contributed by atoms with Crippen LogP contribution in [0.5, 0.6) is 0 Å². The van der Waals surface area contributed by atoms with Crippen molar-refractivity contribution < 1.29 is 4.79 Å². The van der Waals surface area contributed by atoms with Crippen LogP contribution < -0.4 is 0 Å². The molecule has 7 nitrogen and oxygen atoms in total. The second kappa shape index (κ2) is 6.20. The Labute approximate surface area is 147 Å². The summed E-state index contributed by atoms with van der Waals surface area (Å²) in [5, 5.41) is 4.69. The van der Waals surface area contributed by atoms with Crippen LogP contribution in [-0.2, 0) is 6.54 Å². The molecule has 4 rings (SSSR count). The lowest BCUT2D eigenvalue weighted by Gasteiger charge is -2.35. The molecular weight excluding hydrogens is 316 g/mol. The smallest absolute Gasteiger partial charge is 0.274 e. The molecule has 1 aliphatic heterocycles. The van der Waals surface area contributed by atoms with Crippen molar-refractivity contribution in [1.29, 1.82) is 0 Å². The van der Waals surface area contributed by atoms with Gasteiger partial charge in [0.2, 0.25) is 0 Å². The van der Waals surface area contributed by atoms with Crippen LogP contribution in [0.4, 0.5) is 0 Å². The molecule has 1 fully saturated rings. The molecule has 0 saturated heterocycles. The zero-order valence-electron chi connectivity index (χ0n) is 15.0. The highest BCUT2D eigenvalue weighted by molar-refractivity contribution is 5.92. The summed E-state index contributed by atoms with van der Waals surface area (Å²) in [4.78, 5) is 28.2. The van der Waals surface area contributed by atoms with E-state index in [0.717, 1.165) is 23.8 Å². The predicted molar refractivity (Wildman–Crippen MR) is 92.0 cm³/mol. The van der Waals surface area contributed by atoms with Gasteiger partial charge in [0.15, 0.2) is 5.82 Å². The van der Waals surface area contributed by atoms with E-state index < -0.39 is 0 Å². The minimum atomic E-state index is -0.0691. The van der Waals surface area contributed by atoms with Crippen LogP contribution in [0.15, 0.2) is 12.4 Å². The molecule has 2 aliphatic rings. The van der Waals surface area contributed by atoms with Gasteiger partial charge in [0.1, 0.15) is 11.5 Å². The number of nitrogens with zero attached hydrogens (tertiary/aromatic N) is 6. The summed E-state index contributed by atoms with van der Waals surface area (Å²) in [5.74, 6) is 2.78. The van der Waals surface area contributed by atoms with Crippen LogP contribution >= 0.6 is 0 Å². The van der Waals surface area contributed by atoms with Crippen LogP contribution in [0.1, 0.15) is 72.9 Å². The molecule has 2 aromatic heterocycles. The second-order valence-electron chi connectivity index (χ2n) is 7.51. The second-order valence-corrected chi connectivity index (χ2v) is 7.51. The minimum absolute atomic E-state index is 0.0515. The van der Waals surface area contributed by atoms with Crippen molar-refractivity contribution in [2.45, 2.75) is 58.5 Å². The molecule has 0 N–H and O–H groups in total. The average Bonchev–Trinajstić information content (AvgIpc) is 3.34. The Hall–Kier alpha value is -2.31. The molecule has 7 heteroatoms. The molecule has 0 spiro atoms. The van der Waals surface area contributed by atoms with Crippen LogP contribution in [0.3, 0.4) is 0 Å². The van der Waals surface area contributed by atoms with E-state index >= 15 is 0 Å². The summed E-state index contributed by atoms with van der Waals surface area (Å²) < 4.78 is 2.01. The number of carbonyl (C=O) groups is 1. The van der Waals surface area contributed by atoms with Gasteiger partial charge in [0, 0.05) is 18.7 Å². The van der Waals surface area contributed by atoms with Gasteiger partial charge in [0.05, 0.1) is 24.5 Å². The van der Waals surface area contributed by atoms with E-state index in [9.17, 15) is 4.79 Å². The summed E-state index contributed by atoms with van der Waals surface area (Å²) in [7, 11) is 0. The summed E-state index contributed by atoms with van der Waals surface area (Å²) in [6, 6.07) is -0.0515. The van der Waals surface area contributed by atoms with Crippen molar-refractivity contribution in [1.82, 2.24) is 29.6 Å². The predicted octanol–water partition coefficient (Wildman–Crippen LogP) is 2.50. The quantitative estimate of drug-likeness (QED) is 0.854. The third kappa shape index (κ3) is 3.15. The Morgan fingerprint density at radius 3 is 2.68 bits per heavy atom. The van der Waals surface area contributed by atoms with Crippen LogP contribution in [0, 0.1) is 12.8 Å². The molecular formula is C18H24N6O. The zero-order chi connectivity index (χ0) is 17.6. The van der Waals surface area contributed by atoms with Gasteiger partial charge in [-0.1, -0.05) is 13.8 Å². The van der Waals surface area contributed by atoms with E-state index in [1.165, 1.54) is 12.8 Å². The van der Waals surface area contributed by atoms with Gasteiger partial charge < -0.3 is 4.90 Å². The van der Waals surface area contributed by atoms with Crippen LogP contribution in [-0.4, -0.2) is 42.1 Å². The van der Waals surface area contributed by atoms with Crippen molar-refractivity contribution in [2.75, 3.05) is 6.54 Å². The number of carbonyl (C=O) groups excluding carboxylic acids is 1.